The van der Waals surface area contributed by atoms with E-state index in [1.807, 2.05) is 50.1 Å². The molecule has 1 aliphatic heterocycles. The number of nitrogens with zero attached hydrogens (tertiary/aromatic N) is 5. The van der Waals surface area contributed by atoms with E-state index in [2.05, 4.69) is 10.2 Å². The van der Waals surface area contributed by atoms with E-state index in [-0.39, 0.29) is 16.7 Å². The van der Waals surface area contributed by atoms with Gasteiger partial charge in [-0.2, -0.15) is 5.26 Å². The second-order valence-corrected chi connectivity index (χ2v) is 8.32. The minimum Gasteiger partial charge on any atom is -0.353 e. The number of nitriles is 1. The first-order chi connectivity index (χ1) is 15.9. The molecule has 0 aliphatic carbocycles. The van der Waals surface area contributed by atoms with Crippen LogP contribution in [-0.2, 0) is 4.79 Å². The van der Waals surface area contributed by atoms with Crippen molar-refractivity contribution in [1.29, 1.82) is 5.26 Å². The Morgan fingerprint density at radius 2 is 1.82 bits per heavy atom. The number of pyridine rings is 1. The van der Waals surface area contributed by atoms with Crippen LogP contribution in [0.4, 0.5) is 11.5 Å². The molecular weight excluding hydrogens is 416 g/mol. The van der Waals surface area contributed by atoms with Crippen LogP contribution < -0.4 is 15.8 Å². The molecule has 33 heavy (non-hydrogen) atoms. The highest BCUT2D eigenvalue weighted by atomic mass is 16.1. The van der Waals surface area contributed by atoms with Gasteiger partial charge in [-0.25, -0.2) is 4.98 Å². The number of nitrogens with one attached hydrogen (secondary N) is 1. The molecule has 0 unspecified atom stereocenters. The topological polar surface area (TPSA) is 93.7 Å². The highest BCUT2D eigenvalue weighted by Crippen LogP contribution is 2.22. The molecule has 1 N–H and O–H groups in total. The quantitative estimate of drug-likeness (QED) is 0.493. The molecule has 8 nitrogen and oxygen atoms in total. The molecule has 3 heterocycles. The number of amides is 1. The second-order valence-electron chi connectivity index (χ2n) is 8.32. The van der Waals surface area contributed by atoms with Gasteiger partial charge in [0.1, 0.15) is 23.1 Å². The monoisotopic (exact) mass is 442 g/mol. The van der Waals surface area contributed by atoms with E-state index in [4.69, 9.17) is 4.98 Å². The number of carbonyl (C=O) groups excluding carboxylic acids is 1. The minimum atomic E-state index is -0.570. The van der Waals surface area contributed by atoms with Gasteiger partial charge in [-0.15, -0.1) is 0 Å². The molecule has 1 fully saturated rings. The maximum absolute atomic E-state index is 13.5. The standard InChI is InChI=1S/C25H26N6O2/c1-17-6-8-20(9-7-17)27-24(32)19(16-26)15-21-23(30-13-11-29(3)12-14-30)28-22-18(2)5-4-10-31(22)25(21)33/h4-10,15H,11-14H2,1-3H3,(H,27,32)/b19-15+. The number of rotatable bonds is 4. The molecule has 1 aromatic carbocycles. The molecule has 2 aromatic heterocycles. The number of carbonyl (C=O) groups is 1. The smallest absolute Gasteiger partial charge is 0.267 e. The van der Waals surface area contributed by atoms with Gasteiger partial charge < -0.3 is 15.1 Å². The number of piperazine rings is 1. The highest BCUT2D eigenvalue weighted by Gasteiger charge is 2.23. The van der Waals surface area contributed by atoms with Crippen molar-refractivity contribution in [2.75, 3.05) is 43.4 Å². The van der Waals surface area contributed by atoms with Gasteiger partial charge in [0.05, 0.1) is 5.56 Å². The maximum Gasteiger partial charge on any atom is 0.267 e. The number of hydrogen-bond donors (Lipinski definition) is 1. The Labute approximate surface area is 192 Å². The lowest BCUT2D eigenvalue weighted by atomic mass is 10.1. The van der Waals surface area contributed by atoms with Crippen molar-refractivity contribution in [3.05, 3.63) is 75.2 Å². The van der Waals surface area contributed by atoms with Crippen molar-refractivity contribution in [3.63, 3.8) is 0 Å². The third kappa shape index (κ3) is 4.64. The Kier molecular flexibility index (Phi) is 6.24. The van der Waals surface area contributed by atoms with Gasteiger partial charge >= 0.3 is 0 Å². The predicted octanol–water partition coefficient (Wildman–Crippen LogP) is 2.61. The van der Waals surface area contributed by atoms with Crippen molar-refractivity contribution in [2.24, 2.45) is 0 Å². The van der Waals surface area contributed by atoms with Crippen molar-refractivity contribution >= 4 is 29.1 Å². The van der Waals surface area contributed by atoms with Crippen LogP contribution in [0.2, 0.25) is 0 Å². The van der Waals surface area contributed by atoms with E-state index in [1.54, 1.807) is 24.4 Å². The van der Waals surface area contributed by atoms with Crippen LogP contribution >= 0.6 is 0 Å². The third-order valence-electron chi connectivity index (χ3n) is 5.83. The second kappa shape index (κ2) is 9.27. The van der Waals surface area contributed by atoms with Crippen LogP contribution in [0.3, 0.4) is 0 Å². The Hall–Kier alpha value is -3.96. The minimum absolute atomic E-state index is 0.155. The van der Waals surface area contributed by atoms with Gasteiger partial charge in [-0.3, -0.25) is 14.0 Å². The van der Waals surface area contributed by atoms with Crippen molar-refractivity contribution in [1.82, 2.24) is 14.3 Å². The Morgan fingerprint density at radius 3 is 2.48 bits per heavy atom. The lowest BCUT2D eigenvalue weighted by molar-refractivity contribution is -0.112. The zero-order valence-electron chi connectivity index (χ0n) is 19.0. The molecule has 0 atom stereocenters. The van der Waals surface area contributed by atoms with E-state index in [9.17, 15) is 14.9 Å². The maximum atomic E-state index is 13.5. The number of aromatic nitrogens is 2. The molecule has 1 aliphatic rings. The first-order valence-corrected chi connectivity index (χ1v) is 10.8. The number of benzene rings is 1. The number of fused-ring (bicyclic) bond motifs is 1. The van der Waals surface area contributed by atoms with Crippen LogP contribution in [0.15, 0.2) is 53.0 Å². The average Bonchev–Trinajstić information content (AvgIpc) is 2.81. The van der Waals surface area contributed by atoms with Gasteiger partial charge in [0.25, 0.3) is 11.5 Å². The summed E-state index contributed by atoms with van der Waals surface area (Å²) in [4.78, 5) is 35.4. The molecule has 3 aromatic rings. The summed E-state index contributed by atoms with van der Waals surface area (Å²) in [5, 5.41) is 12.5. The predicted molar refractivity (Wildman–Crippen MR) is 129 cm³/mol. The summed E-state index contributed by atoms with van der Waals surface area (Å²) in [6, 6.07) is 12.9. The molecular formula is C25H26N6O2. The van der Waals surface area contributed by atoms with Crippen LogP contribution in [0.25, 0.3) is 11.7 Å². The molecule has 1 amide bonds. The average molecular weight is 443 g/mol. The highest BCUT2D eigenvalue weighted by molar-refractivity contribution is 6.10. The number of anilines is 2. The Bertz CT molecular complexity index is 1330. The summed E-state index contributed by atoms with van der Waals surface area (Å²) in [5.41, 5.74) is 2.85. The molecule has 168 valence electrons. The SMILES string of the molecule is Cc1ccc(NC(=O)/C(C#N)=C/c2c(N3CCN(C)CC3)nc3c(C)cccn3c2=O)cc1. The van der Waals surface area contributed by atoms with Gasteiger partial charge in [-0.05, 0) is 50.7 Å². The normalized spacial score (nSPS) is 14.8. The fourth-order valence-electron chi connectivity index (χ4n) is 3.81. The molecule has 1 saturated heterocycles. The zero-order valence-corrected chi connectivity index (χ0v) is 19.0. The summed E-state index contributed by atoms with van der Waals surface area (Å²) < 4.78 is 1.47. The van der Waals surface area contributed by atoms with Gasteiger partial charge in [-0.1, -0.05) is 23.8 Å². The summed E-state index contributed by atoms with van der Waals surface area (Å²) >= 11 is 0. The van der Waals surface area contributed by atoms with E-state index in [0.717, 1.165) is 24.2 Å². The first kappa shape index (κ1) is 22.2. The summed E-state index contributed by atoms with van der Waals surface area (Å²) in [7, 11) is 2.05. The zero-order chi connectivity index (χ0) is 23.5. The van der Waals surface area contributed by atoms with Crippen molar-refractivity contribution in [2.45, 2.75) is 13.8 Å². The lowest BCUT2D eigenvalue weighted by Gasteiger charge is -2.34. The Balaban J connectivity index is 1.81. The molecule has 0 spiro atoms. The van der Waals surface area contributed by atoms with Crippen molar-refractivity contribution < 1.29 is 4.79 Å². The fraction of sp³-hybridized carbons (Fsp3) is 0.280. The van der Waals surface area contributed by atoms with Crippen molar-refractivity contribution in [3.8, 4) is 6.07 Å². The van der Waals surface area contributed by atoms with Crippen LogP contribution in [0, 0.1) is 25.2 Å². The molecule has 0 saturated carbocycles. The van der Waals surface area contributed by atoms with Crippen LogP contribution in [0.1, 0.15) is 16.7 Å². The number of aryl methyl sites for hydroxylation is 2. The van der Waals surface area contributed by atoms with Crippen LogP contribution in [-0.4, -0.2) is 53.4 Å². The lowest BCUT2D eigenvalue weighted by Crippen LogP contribution is -2.45. The van der Waals surface area contributed by atoms with Crippen LogP contribution in [0.5, 0.6) is 0 Å². The molecule has 4 rings (SSSR count). The van der Waals surface area contributed by atoms with E-state index in [1.165, 1.54) is 10.5 Å². The van der Waals surface area contributed by atoms with Gasteiger partial charge in [0, 0.05) is 38.1 Å². The van der Waals surface area contributed by atoms with E-state index < -0.39 is 5.91 Å². The summed E-state index contributed by atoms with van der Waals surface area (Å²) in [6.07, 6.45) is 3.02. The third-order valence-corrected chi connectivity index (χ3v) is 5.83. The van der Waals surface area contributed by atoms with E-state index in [0.29, 0.717) is 30.2 Å². The first-order valence-electron chi connectivity index (χ1n) is 10.8. The number of hydrogen-bond acceptors (Lipinski definition) is 6. The summed E-state index contributed by atoms with van der Waals surface area (Å²) in [6.45, 7) is 6.91. The fourth-order valence-corrected chi connectivity index (χ4v) is 3.81. The summed E-state index contributed by atoms with van der Waals surface area (Å²) in [5.74, 6) is -0.0716. The molecule has 0 bridgehead atoms. The molecule has 0 radical (unpaired) electrons. The number of likely N-dealkylation sites (N-methyl/N-ethyl adjacent to an activating group) is 1. The molecule has 8 heteroatoms. The largest absolute Gasteiger partial charge is 0.353 e. The van der Waals surface area contributed by atoms with Gasteiger partial charge in [0.15, 0.2) is 0 Å². The Morgan fingerprint density at radius 1 is 1.12 bits per heavy atom. The van der Waals surface area contributed by atoms with Gasteiger partial charge in [0.2, 0.25) is 0 Å². The van der Waals surface area contributed by atoms with E-state index >= 15 is 0 Å².